The highest BCUT2D eigenvalue weighted by atomic mass is 35.5. The molecule has 32 heavy (non-hydrogen) atoms. The van der Waals surface area contributed by atoms with Crippen LogP contribution in [0.25, 0.3) is 0 Å². The highest BCUT2D eigenvalue weighted by Gasteiger charge is 2.33. The normalized spacial score (nSPS) is 11.2. The summed E-state index contributed by atoms with van der Waals surface area (Å²) in [6.07, 6.45) is -4.83. The zero-order valence-electron chi connectivity index (χ0n) is 15.5. The van der Waals surface area contributed by atoms with Gasteiger partial charge in [0.15, 0.2) is 11.6 Å². The summed E-state index contributed by atoms with van der Waals surface area (Å²) in [4.78, 5) is 21.6. The Hall–Kier alpha value is -3.86. The molecule has 0 aliphatic rings. The molecule has 0 aliphatic carbocycles. The Bertz CT molecular complexity index is 1190. The third-order valence-electron chi connectivity index (χ3n) is 3.98. The van der Waals surface area contributed by atoms with Crippen molar-refractivity contribution in [2.45, 2.75) is 6.18 Å². The number of halogens is 5. The fraction of sp³-hybridized carbons (Fsp3) is 0.0500. The number of nitrogens with zero attached hydrogens (tertiary/aromatic N) is 1. The minimum Gasteiger partial charge on any atom is -0.478 e. The number of ether oxygens (including phenoxy) is 2. The summed E-state index contributed by atoms with van der Waals surface area (Å²) < 4.78 is 63.2. The van der Waals surface area contributed by atoms with Crippen LogP contribution in [0.15, 0.2) is 54.6 Å². The summed E-state index contributed by atoms with van der Waals surface area (Å²) >= 11 is 5.73. The number of nitro benzene ring substituents is 1. The van der Waals surface area contributed by atoms with Crippen LogP contribution in [-0.4, -0.2) is 16.0 Å². The zero-order valence-corrected chi connectivity index (χ0v) is 16.3. The number of rotatable bonds is 6. The van der Waals surface area contributed by atoms with Crippen molar-refractivity contribution in [3.05, 3.63) is 86.7 Å². The first kappa shape index (κ1) is 22.8. The van der Waals surface area contributed by atoms with Gasteiger partial charge in [-0.25, -0.2) is 9.18 Å². The molecule has 0 amide bonds. The van der Waals surface area contributed by atoms with Crippen LogP contribution in [0, 0.1) is 15.9 Å². The number of hydrogen-bond acceptors (Lipinski definition) is 5. The number of alkyl halides is 3. The molecule has 0 spiro atoms. The van der Waals surface area contributed by atoms with Gasteiger partial charge in [-0.15, -0.1) is 0 Å². The van der Waals surface area contributed by atoms with E-state index >= 15 is 0 Å². The standard InChI is InChI=1S/C20H10ClF4NO6/c21-14-7-11(20(23,24)25)8-15(22)18(14)32-13-4-5-16(26(29)30)17(9-13)31-12-3-1-2-10(6-12)19(27)28/h1-9H,(H,27,28). The molecule has 0 bridgehead atoms. The Balaban J connectivity index is 1.97. The topological polar surface area (TPSA) is 98.9 Å². The average Bonchev–Trinajstić information content (AvgIpc) is 2.70. The van der Waals surface area contributed by atoms with Crippen LogP contribution in [0.4, 0.5) is 23.2 Å². The number of carboxylic acid groups (broad SMARTS) is 1. The van der Waals surface area contributed by atoms with E-state index in [9.17, 15) is 32.5 Å². The Labute approximate surface area is 181 Å². The lowest BCUT2D eigenvalue weighted by atomic mass is 10.2. The quantitative estimate of drug-likeness (QED) is 0.244. The van der Waals surface area contributed by atoms with E-state index in [4.69, 9.17) is 26.2 Å². The number of nitro groups is 1. The predicted octanol–water partition coefficient (Wildman–Crippen LogP) is 6.69. The second-order valence-corrected chi connectivity index (χ2v) is 6.60. The first-order valence-electron chi connectivity index (χ1n) is 8.49. The molecule has 3 aromatic carbocycles. The molecule has 0 fully saturated rings. The second-order valence-electron chi connectivity index (χ2n) is 6.19. The maximum absolute atomic E-state index is 14.2. The molecular weight excluding hydrogens is 462 g/mol. The third-order valence-corrected chi connectivity index (χ3v) is 4.26. The van der Waals surface area contributed by atoms with Crippen LogP contribution in [0.3, 0.4) is 0 Å². The van der Waals surface area contributed by atoms with Crippen molar-refractivity contribution >= 4 is 23.3 Å². The largest absolute Gasteiger partial charge is 0.478 e. The SMILES string of the molecule is O=C(O)c1cccc(Oc2cc(Oc3c(F)cc(C(F)(F)F)cc3Cl)ccc2[N+](=O)[O-])c1. The monoisotopic (exact) mass is 471 g/mol. The minimum atomic E-state index is -4.83. The van der Waals surface area contributed by atoms with Crippen LogP contribution >= 0.6 is 11.6 Å². The lowest BCUT2D eigenvalue weighted by molar-refractivity contribution is -0.385. The molecule has 0 saturated heterocycles. The van der Waals surface area contributed by atoms with Gasteiger partial charge in [0.1, 0.15) is 11.5 Å². The summed E-state index contributed by atoms with van der Waals surface area (Å²) in [6, 6.07) is 8.76. The Morgan fingerprint density at radius 1 is 1.03 bits per heavy atom. The van der Waals surface area contributed by atoms with Crippen molar-refractivity contribution in [1.82, 2.24) is 0 Å². The van der Waals surface area contributed by atoms with Gasteiger partial charge in [0, 0.05) is 12.1 Å². The van der Waals surface area contributed by atoms with Crippen LogP contribution < -0.4 is 9.47 Å². The predicted molar refractivity (Wildman–Crippen MR) is 103 cm³/mol. The number of aromatic carboxylic acids is 1. The van der Waals surface area contributed by atoms with Gasteiger partial charge in [-0.2, -0.15) is 13.2 Å². The van der Waals surface area contributed by atoms with Gasteiger partial charge in [-0.3, -0.25) is 10.1 Å². The molecule has 7 nitrogen and oxygen atoms in total. The van der Waals surface area contributed by atoms with E-state index in [0.717, 1.165) is 24.3 Å². The first-order valence-corrected chi connectivity index (χ1v) is 8.87. The van der Waals surface area contributed by atoms with Crippen LogP contribution in [-0.2, 0) is 6.18 Å². The molecule has 0 heterocycles. The van der Waals surface area contributed by atoms with E-state index in [2.05, 4.69) is 0 Å². The summed E-state index contributed by atoms with van der Waals surface area (Å²) in [5.74, 6) is -4.07. The molecule has 0 saturated carbocycles. The van der Waals surface area contributed by atoms with Crippen molar-refractivity contribution in [2.24, 2.45) is 0 Å². The maximum Gasteiger partial charge on any atom is 0.416 e. The average molecular weight is 472 g/mol. The Morgan fingerprint density at radius 2 is 1.72 bits per heavy atom. The van der Waals surface area contributed by atoms with Gasteiger partial charge in [0.05, 0.1) is 21.1 Å². The minimum absolute atomic E-state index is 0.0520. The van der Waals surface area contributed by atoms with Gasteiger partial charge < -0.3 is 14.6 Å². The molecule has 3 rings (SSSR count). The van der Waals surface area contributed by atoms with E-state index in [1.807, 2.05) is 0 Å². The van der Waals surface area contributed by atoms with Gasteiger partial charge in [-0.1, -0.05) is 17.7 Å². The number of carboxylic acids is 1. The molecule has 1 N–H and O–H groups in total. The highest BCUT2D eigenvalue weighted by molar-refractivity contribution is 6.32. The summed E-state index contributed by atoms with van der Waals surface area (Å²) in [5.41, 5.74) is -1.99. The number of hydrogen-bond donors (Lipinski definition) is 1. The molecule has 3 aromatic rings. The molecular formula is C20H10ClF4NO6. The molecule has 0 unspecified atom stereocenters. The smallest absolute Gasteiger partial charge is 0.416 e. The molecule has 166 valence electrons. The van der Waals surface area contributed by atoms with Gasteiger partial charge in [0.2, 0.25) is 5.75 Å². The van der Waals surface area contributed by atoms with Crippen LogP contribution in [0.1, 0.15) is 15.9 Å². The lowest BCUT2D eigenvalue weighted by Crippen LogP contribution is -2.06. The zero-order chi connectivity index (χ0) is 23.6. The van der Waals surface area contributed by atoms with E-state index in [1.54, 1.807) is 0 Å². The van der Waals surface area contributed by atoms with Crippen LogP contribution in [0.5, 0.6) is 23.0 Å². The fourth-order valence-corrected chi connectivity index (χ4v) is 2.80. The van der Waals surface area contributed by atoms with Gasteiger partial charge in [-0.05, 0) is 36.4 Å². The maximum atomic E-state index is 14.2. The Morgan fingerprint density at radius 3 is 2.31 bits per heavy atom. The van der Waals surface area contributed by atoms with Crippen LogP contribution in [0.2, 0.25) is 5.02 Å². The highest BCUT2D eigenvalue weighted by Crippen LogP contribution is 2.41. The summed E-state index contributed by atoms with van der Waals surface area (Å²) in [5, 5.41) is 19.7. The van der Waals surface area contributed by atoms with E-state index in [0.29, 0.717) is 6.07 Å². The van der Waals surface area contributed by atoms with Crippen molar-refractivity contribution in [1.29, 1.82) is 0 Å². The van der Waals surface area contributed by atoms with E-state index in [-0.39, 0.29) is 23.1 Å². The van der Waals surface area contributed by atoms with Crippen molar-refractivity contribution < 1.29 is 41.9 Å². The van der Waals surface area contributed by atoms with Gasteiger partial charge in [0.25, 0.3) is 0 Å². The fourth-order valence-electron chi connectivity index (χ4n) is 2.55. The molecule has 0 radical (unpaired) electrons. The summed E-state index contributed by atoms with van der Waals surface area (Å²) in [6.45, 7) is 0. The van der Waals surface area contributed by atoms with Gasteiger partial charge >= 0.3 is 17.8 Å². The molecule has 0 aromatic heterocycles. The summed E-state index contributed by atoms with van der Waals surface area (Å²) in [7, 11) is 0. The van der Waals surface area contributed by atoms with E-state index in [1.165, 1.54) is 18.2 Å². The lowest BCUT2D eigenvalue weighted by Gasteiger charge is -2.13. The number of carbonyl (C=O) groups is 1. The second kappa shape index (κ2) is 8.71. The molecule has 0 aliphatic heterocycles. The van der Waals surface area contributed by atoms with Crippen molar-refractivity contribution in [3.63, 3.8) is 0 Å². The van der Waals surface area contributed by atoms with E-state index < -0.39 is 50.7 Å². The third kappa shape index (κ3) is 5.06. The van der Waals surface area contributed by atoms with Crippen molar-refractivity contribution in [2.75, 3.05) is 0 Å². The molecule has 0 atom stereocenters. The Kier molecular flexibility index (Phi) is 6.21. The number of benzene rings is 3. The first-order chi connectivity index (χ1) is 15.0. The molecule has 12 heteroatoms. The van der Waals surface area contributed by atoms with Crippen molar-refractivity contribution in [3.8, 4) is 23.0 Å².